The zero-order chi connectivity index (χ0) is 17.1. The van der Waals surface area contributed by atoms with Crippen molar-refractivity contribution in [3.8, 4) is 23.0 Å². The van der Waals surface area contributed by atoms with Gasteiger partial charge in [-0.05, 0) is 24.3 Å². The molecule has 0 unspecified atom stereocenters. The van der Waals surface area contributed by atoms with Crippen LogP contribution < -0.4 is 4.74 Å². The molecule has 0 atom stereocenters. The monoisotopic (exact) mass is 354 g/mol. The molecule has 0 aliphatic carbocycles. The number of aromatic nitrogens is 4. The summed E-state index contributed by atoms with van der Waals surface area (Å²) in [7, 11) is 1.64. The van der Waals surface area contributed by atoms with Gasteiger partial charge in [0.25, 0.3) is 0 Å². The first-order chi connectivity index (χ1) is 12.3. The lowest BCUT2D eigenvalue weighted by Gasteiger charge is -2.07. The van der Waals surface area contributed by atoms with Crippen LogP contribution >= 0.6 is 11.8 Å². The summed E-state index contributed by atoms with van der Waals surface area (Å²) in [5.74, 6) is 2.65. The van der Waals surface area contributed by atoms with Crippen molar-refractivity contribution < 1.29 is 13.7 Å². The molecule has 0 saturated heterocycles. The van der Waals surface area contributed by atoms with Gasteiger partial charge in [-0.15, -0.1) is 10.2 Å². The van der Waals surface area contributed by atoms with Crippen LogP contribution in [0.2, 0.25) is 0 Å². The Hall–Kier alpha value is -3.00. The van der Waals surface area contributed by atoms with E-state index in [4.69, 9.17) is 13.7 Å². The van der Waals surface area contributed by atoms with Crippen LogP contribution in [0.15, 0.2) is 69.2 Å². The fourth-order valence-electron chi connectivity index (χ4n) is 2.31. The highest BCUT2D eigenvalue weighted by atomic mass is 32.2. The molecule has 126 valence electrons. The average Bonchev–Trinajstić information content (AvgIpc) is 3.40. The van der Waals surface area contributed by atoms with Crippen molar-refractivity contribution in [2.45, 2.75) is 10.9 Å². The lowest BCUT2D eigenvalue weighted by atomic mass is 10.3. The molecule has 0 saturated carbocycles. The van der Waals surface area contributed by atoms with Crippen LogP contribution in [0.1, 0.15) is 5.69 Å². The Morgan fingerprint density at radius 3 is 2.96 bits per heavy atom. The molecule has 3 aromatic heterocycles. The molecule has 25 heavy (non-hydrogen) atoms. The highest BCUT2D eigenvalue weighted by Gasteiger charge is 2.12. The van der Waals surface area contributed by atoms with E-state index in [0.717, 1.165) is 22.3 Å². The van der Waals surface area contributed by atoms with E-state index in [2.05, 4.69) is 15.4 Å². The fourth-order valence-corrected chi connectivity index (χ4v) is 3.12. The van der Waals surface area contributed by atoms with E-state index >= 15 is 0 Å². The minimum atomic E-state index is 0.604. The van der Waals surface area contributed by atoms with Gasteiger partial charge >= 0.3 is 0 Å². The summed E-state index contributed by atoms with van der Waals surface area (Å²) in [6.45, 7) is 0. The van der Waals surface area contributed by atoms with Crippen molar-refractivity contribution >= 4 is 11.8 Å². The number of benzene rings is 1. The third-order valence-corrected chi connectivity index (χ3v) is 4.50. The summed E-state index contributed by atoms with van der Waals surface area (Å²) in [5, 5.41) is 13.0. The van der Waals surface area contributed by atoms with Crippen molar-refractivity contribution in [2.24, 2.45) is 0 Å². The van der Waals surface area contributed by atoms with Gasteiger partial charge in [-0.1, -0.05) is 23.0 Å². The molecule has 4 aromatic rings. The van der Waals surface area contributed by atoms with Gasteiger partial charge in [-0.3, -0.25) is 4.57 Å². The molecule has 0 spiro atoms. The van der Waals surface area contributed by atoms with Gasteiger partial charge in [-0.2, -0.15) is 0 Å². The molecule has 3 heterocycles. The molecule has 1 aromatic carbocycles. The first-order valence-electron chi connectivity index (χ1n) is 7.50. The maximum atomic E-state index is 5.31. The van der Waals surface area contributed by atoms with Crippen LogP contribution in [-0.4, -0.2) is 27.0 Å². The summed E-state index contributed by atoms with van der Waals surface area (Å²) in [6.07, 6.45) is 3.27. The first kappa shape index (κ1) is 15.5. The number of hydrogen-bond donors (Lipinski definition) is 0. The zero-order valence-electron chi connectivity index (χ0n) is 13.3. The molecule has 0 amide bonds. The third kappa shape index (κ3) is 3.29. The second-order valence-corrected chi connectivity index (χ2v) is 6.08. The van der Waals surface area contributed by atoms with Crippen molar-refractivity contribution in [3.63, 3.8) is 0 Å². The van der Waals surface area contributed by atoms with Crippen molar-refractivity contribution in [1.29, 1.82) is 0 Å². The van der Waals surface area contributed by atoms with E-state index in [1.54, 1.807) is 19.7 Å². The minimum absolute atomic E-state index is 0.604. The van der Waals surface area contributed by atoms with E-state index in [-0.39, 0.29) is 0 Å². The smallest absolute Gasteiger partial charge is 0.202 e. The van der Waals surface area contributed by atoms with E-state index < -0.39 is 0 Å². The number of thioether (sulfide) groups is 1. The Bertz CT molecular complexity index is 962. The topological polar surface area (TPSA) is 79.1 Å². The van der Waals surface area contributed by atoms with Crippen molar-refractivity contribution in [1.82, 2.24) is 19.9 Å². The van der Waals surface area contributed by atoms with Crippen LogP contribution in [0.25, 0.3) is 17.2 Å². The summed E-state index contributed by atoms with van der Waals surface area (Å²) in [4.78, 5) is 0. The number of ether oxygens (including phenoxy) is 1. The lowest BCUT2D eigenvalue weighted by Crippen LogP contribution is -1.96. The second kappa shape index (κ2) is 6.86. The van der Waals surface area contributed by atoms with Gasteiger partial charge in [0.1, 0.15) is 12.1 Å². The van der Waals surface area contributed by atoms with Gasteiger partial charge in [0.2, 0.25) is 5.76 Å². The normalized spacial score (nSPS) is 10.9. The number of hydrogen-bond acceptors (Lipinski definition) is 7. The van der Waals surface area contributed by atoms with E-state index in [9.17, 15) is 0 Å². The molecule has 7 nitrogen and oxygen atoms in total. The number of furan rings is 1. The van der Waals surface area contributed by atoms with Gasteiger partial charge in [0.15, 0.2) is 10.9 Å². The second-order valence-electron chi connectivity index (χ2n) is 5.13. The fraction of sp³-hybridized carbons (Fsp3) is 0.118. The van der Waals surface area contributed by atoms with Gasteiger partial charge in [0, 0.05) is 17.9 Å². The van der Waals surface area contributed by atoms with Crippen LogP contribution in [0.5, 0.6) is 5.75 Å². The van der Waals surface area contributed by atoms with E-state index in [1.165, 1.54) is 11.8 Å². The molecule has 0 radical (unpaired) electrons. The highest BCUT2D eigenvalue weighted by Crippen LogP contribution is 2.27. The first-order valence-corrected chi connectivity index (χ1v) is 8.49. The molecule has 8 heteroatoms. The Balaban J connectivity index is 1.50. The average molecular weight is 354 g/mol. The molecular formula is C17H14N4O3S. The summed E-state index contributed by atoms with van der Waals surface area (Å²) in [5.41, 5.74) is 1.74. The number of rotatable bonds is 6. The van der Waals surface area contributed by atoms with E-state index in [0.29, 0.717) is 17.3 Å². The van der Waals surface area contributed by atoms with Gasteiger partial charge in [-0.25, -0.2) is 0 Å². The highest BCUT2D eigenvalue weighted by molar-refractivity contribution is 7.98. The molecule has 0 N–H and O–H groups in total. The van der Waals surface area contributed by atoms with Crippen molar-refractivity contribution in [3.05, 3.63) is 60.7 Å². The predicted molar refractivity (Wildman–Crippen MR) is 91.7 cm³/mol. The molecule has 0 fully saturated rings. The standard InChI is InChI=1S/C17H14N4O3S/c1-22-14-5-2-4-13(9-14)21-11-18-19-17(21)25-10-12-8-16(24-20-12)15-6-3-7-23-15/h2-9,11H,10H2,1H3. The van der Waals surface area contributed by atoms with Gasteiger partial charge in [0.05, 0.1) is 24.8 Å². The number of methoxy groups -OCH3 is 1. The van der Waals surface area contributed by atoms with Crippen molar-refractivity contribution in [2.75, 3.05) is 7.11 Å². The Morgan fingerprint density at radius 1 is 1.16 bits per heavy atom. The lowest BCUT2D eigenvalue weighted by molar-refractivity contribution is 0.413. The zero-order valence-corrected chi connectivity index (χ0v) is 14.1. The quantitative estimate of drug-likeness (QED) is 0.487. The molecular weight excluding hydrogens is 340 g/mol. The molecule has 4 rings (SSSR count). The Kier molecular flexibility index (Phi) is 4.26. The molecule has 0 aliphatic heterocycles. The number of nitrogens with zero attached hydrogens (tertiary/aromatic N) is 4. The molecule has 0 bridgehead atoms. The third-order valence-electron chi connectivity index (χ3n) is 3.52. The summed E-state index contributed by atoms with van der Waals surface area (Å²) in [6, 6.07) is 13.2. The molecule has 0 aliphatic rings. The maximum absolute atomic E-state index is 5.31. The van der Waals surface area contributed by atoms with Crippen LogP contribution in [-0.2, 0) is 5.75 Å². The minimum Gasteiger partial charge on any atom is -0.497 e. The van der Waals surface area contributed by atoms with Gasteiger partial charge < -0.3 is 13.7 Å². The van der Waals surface area contributed by atoms with Crippen LogP contribution in [0.4, 0.5) is 0 Å². The SMILES string of the molecule is COc1cccc(-n2cnnc2SCc2cc(-c3ccco3)on2)c1. The Labute approximate surface area is 147 Å². The predicted octanol–water partition coefficient (Wildman–Crippen LogP) is 3.82. The Morgan fingerprint density at radius 2 is 2.12 bits per heavy atom. The largest absolute Gasteiger partial charge is 0.497 e. The summed E-state index contributed by atoms with van der Waals surface area (Å²) >= 11 is 1.52. The maximum Gasteiger partial charge on any atom is 0.202 e. The van der Waals surface area contributed by atoms with Crippen LogP contribution in [0, 0.1) is 0 Å². The van der Waals surface area contributed by atoms with Crippen LogP contribution in [0.3, 0.4) is 0 Å². The van der Waals surface area contributed by atoms with E-state index in [1.807, 2.05) is 47.0 Å². The summed E-state index contributed by atoms with van der Waals surface area (Å²) < 4.78 is 17.8.